The van der Waals surface area contributed by atoms with Gasteiger partial charge in [0.1, 0.15) is 23.0 Å². The average molecular weight is 543 g/mol. The Bertz CT molecular complexity index is 1680. The number of carbonyl (C=O) groups is 1. The van der Waals surface area contributed by atoms with E-state index in [4.69, 9.17) is 4.42 Å². The van der Waals surface area contributed by atoms with Gasteiger partial charge in [0.25, 0.3) is 0 Å². The summed E-state index contributed by atoms with van der Waals surface area (Å²) in [4.78, 5) is 26.4. The predicted molar refractivity (Wildman–Crippen MR) is 136 cm³/mol. The van der Waals surface area contributed by atoms with Gasteiger partial charge in [-0.25, -0.2) is 26.7 Å². The molecule has 1 aliphatic carbocycles. The molecule has 1 heterocycles. The van der Waals surface area contributed by atoms with Crippen LogP contribution in [0.5, 0.6) is 5.75 Å². The molecule has 1 unspecified atom stereocenters. The molecule has 0 fully saturated rings. The third-order valence-corrected chi connectivity index (χ3v) is 6.32. The number of benzene rings is 3. The lowest BCUT2D eigenvalue weighted by Gasteiger charge is -2.27. The van der Waals surface area contributed by atoms with Gasteiger partial charge in [0, 0.05) is 17.9 Å². The van der Waals surface area contributed by atoms with E-state index in [0.717, 1.165) is 24.3 Å². The summed E-state index contributed by atoms with van der Waals surface area (Å²) in [6, 6.07) is 7.92. The normalized spacial score (nSPS) is 13.7. The molecule has 1 aromatic heterocycles. The van der Waals surface area contributed by atoms with Crippen LogP contribution in [-0.2, 0) is 11.2 Å². The molecule has 1 atom stereocenters. The summed E-state index contributed by atoms with van der Waals surface area (Å²) in [5.74, 6) is -9.38. The van der Waals surface area contributed by atoms with Crippen LogP contribution < -0.4 is 5.63 Å². The molecular weight excluding hydrogens is 519 g/mol. The Morgan fingerprint density at radius 1 is 0.897 bits per heavy atom. The summed E-state index contributed by atoms with van der Waals surface area (Å²) < 4.78 is 75.6. The quantitative estimate of drug-likeness (QED) is 0.167. The highest BCUT2D eigenvalue weighted by atomic mass is 19.2. The van der Waals surface area contributed by atoms with Crippen molar-refractivity contribution in [2.75, 3.05) is 0 Å². The van der Waals surface area contributed by atoms with Gasteiger partial charge in [-0.1, -0.05) is 26.3 Å². The first-order valence-electron chi connectivity index (χ1n) is 12.1. The zero-order valence-electron chi connectivity index (χ0n) is 21.2. The van der Waals surface area contributed by atoms with Crippen molar-refractivity contribution in [2.45, 2.75) is 39.5 Å². The molecule has 39 heavy (non-hydrogen) atoms. The summed E-state index contributed by atoms with van der Waals surface area (Å²) in [6.45, 7) is 5.70. The SMILES string of the molecule is CC1=C(C(c2cc(F)c(F)c(F)c2)c2c(O)c3cc(F)ccc3oc2=O)C(=O)Cc2ccc(F)cc21.CCC. The molecule has 9 heteroatoms. The Morgan fingerprint density at radius 3 is 2.13 bits per heavy atom. The third kappa shape index (κ3) is 5.08. The lowest BCUT2D eigenvalue weighted by molar-refractivity contribution is -0.115. The lowest BCUT2D eigenvalue weighted by atomic mass is 9.74. The molecule has 4 nitrogen and oxygen atoms in total. The minimum Gasteiger partial charge on any atom is -0.507 e. The monoisotopic (exact) mass is 542 g/mol. The molecule has 0 aliphatic heterocycles. The van der Waals surface area contributed by atoms with Gasteiger partial charge in [0.2, 0.25) is 0 Å². The summed E-state index contributed by atoms with van der Waals surface area (Å²) in [5, 5.41) is 10.8. The molecular formula is C30H23F5O4. The Kier molecular flexibility index (Phi) is 7.72. The van der Waals surface area contributed by atoms with Gasteiger partial charge in [-0.15, -0.1) is 0 Å². The molecule has 4 aromatic rings. The van der Waals surface area contributed by atoms with Gasteiger partial charge >= 0.3 is 5.63 Å². The van der Waals surface area contributed by atoms with Crippen molar-refractivity contribution in [3.05, 3.63) is 116 Å². The molecule has 0 radical (unpaired) electrons. The highest BCUT2D eigenvalue weighted by molar-refractivity contribution is 6.08. The first-order valence-corrected chi connectivity index (χ1v) is 12.1. The highest BCUT2D eigenvalue weighted by Gasteiger charge is 2.36. The van der Waals surface area contributed by atoms with Crippen molar-refractivity contribution >= 4 is 22.3 Å². The van der Waals surface area contributed by atoms with Gasteiger partial charge in [-0.05, 0) is 71.7 Å². The molecule has 0 saturated heterocycles. The van der Waals surface area contributed by atoms with E-state index in [9.17, 15) is 36.6 Å². The van der Waals surface area contributed by atoms with E-state index in [-0.39, 0.29) is 34.1 Å². The number of halogens is 5. The van der Waals surface area contributed by atoms with Gasteiger partial charge in [0.15, 0.2) is 23.2 Å². The third-order valence-electron chi connectivity index (χ3n) is 6.32. The fraction of sp³-hybridized carbons (Fsp3) is 0.200. The largest absolute Gasteiger partial charge is 0.507 e. The predicted octanol–water partition coefficient (Wildman–Crippen LogP) is 7.34. The molecule has 0 amide bonds. The van der Waals surface area contributed by atoms with Gasteiger partial charge < -0.3 is 9.52 Å². The summed E-state index contributed by atoms with van der Waals surface area (Å²) in [5.41, 5.74) is -1.55. The molecule has 3 aromatic carbocycles. The zero-order chi connectivity index (χ0) is 28.6. The lowest BCUT2D eigenvalue weighted by Crippen LogP contribution is -2.25. The number of Topliss-reactive ketones (excluding diaryl/α,β-unsaturated/α-hetero) is 1. The average Bonchev–Trinajstić information content (AvgIpc) is 2.87. The maximum Gasteiger partial charge on any atom is 0.344 e. The van der Waals surface area contributed by atoms with Crippen LogP contribution >= 0.6 is 0 Å². The van der Waals surface area contributed by atoms with Crippen molar-refractivity contribution < 1.29 is 36.3 Å². The van der Waals surface area contributed by atoms with Crippen molar-refractivity contribution in [1.82, 2.24) is 0 Å². The standard InChI is InChI=1S/C27H15F5O4.C3H8/c1-11-16-9-14(28)3-2-12(16)8-20(33)22(11)23(13-6-18(30)25(32)19(31)7-13)24-26(34)17-10-15(29)4-5-21(17)36-27(24)35;1-3-2/h2-7,9-10,23,34H,8H2,1H3;3H2,1-2H3. The van der Waals surface area contributed by atoms with Crippen molar-refractivity contribution in [1.29, 1.82) is 0 Å². The zero-order valence-corrected chi connectivity index (χ0v) is 21.2. The maximum atomic E-state index is 14.3. The van der Waals surface area contributed by atoms with Crippen molar-refractivity contribution in [3.8, 4) is 5.75 Å². The number of hydrogen-bond acceptors (Lipinski definition) is 4. The second-order valence-electron chi connectivity index (χ2n) is 9.17. The Labute approximate surface area is 220 Å². The van der Waals surface area contributed by atoms with Crippen LogP contribution in [0.25, 0.3) is 16.5 Å². The second-order valence-corrected chi connectivity index (χ2v) is 9.17. The number of ketones is 1. The van der Waals surface area contributed by atoms with Crippen LogP contribution in [0, 0.1) is 29.1 Å². The minimum atomic E-state index is -1.78. The Balaban J connectivity index is 0.00000112. The summed E-state index contributed by atoms with van der Waals surface area (Å²) in [6.07, 6.45) is 1.01. The molecule has 0 saturated carbocycles. The number of aromatic hydroxyl groups is 1. The topological polar surface area (TPSA) is 67.5 Å². The van der Waals surface area contributed by atoms with E-state index in [1.165, 1.54) is 25.5 Å². The van der Waals surface area contributed by atoms with E-state index in [2.05, 4.69) is 13.8 Å². The number of fused-ring (bicyclic) bond motifs is 2. The van der Waals surface area contributed by atoms with Crippen LogP contribution in [0.2, 0.25) is 0 Å². The Hall–Kier alpha value is -4.27. The highest BCUT2D eigenvalue weighted by Crippen LogP contribution is 2.44. The van der Waals surface area contributed by atoms with Crippen LogP contribution in [-0.4, -0.2) is 10.9 Å². The molecule has 5 rings (SSSR count). The van der Waals surface area contributed by atoms with Gasteiger partial charge in [-0.2, -0.15) is 0 Å². The number of allylic oxidation sites excluding steroid dienone is 2. The van der Waals surface area contributed by atoms with Crippen LogP contribution in [0.3, 0.4) is 0 Å². The first kappa shape index (κ1) is 27.8. The minimum absolute atomic E-state index is 0.175. The van der Waals surface area contributed by atoms with Crippen molar-refractivity contribution in [2.24, 2.45) is 0 Å². The van der Waals surface area contributed by atoms with Gasteiger partial charge in [0.05, 0.1) is 10.9 Å². The summed E-state index contributed by atoms with van der Waals surface area (Å²) in [7, 11) is 0. The molecule has 1 aliphatic rings. The van der Waals surface area contributed by atoms with E-state index in [1.807, 2.05) is 0 Å². The van der Waals surface area contributed by atoms with E-state index >= 15 is 0 Å². The number of rotatable bonds is 3. The van der Waals surface area contributed by atoms with Crippen LogP contribution in [0.15, 0.2) is 63.3 Å². The van der Waals surface area contributed by atoms with Crippen molar-refractivity contribution in [3.63, 3.8) is 0 Å². The fourth-order valence-electron chi connectivity index (χ4n) is 4.70. The van der Waals surface area contributed by atoms with Crippen LogP contribution in [0.4, 0.5) is 22.0 Å². The smallest absolute Gasteiger partial charge is 0.344 e. The van der Waals surface area contributed by atoms with Gasteiger partial charge in [-0.3, -0.25) is 4.79 Å². The molecule has 1 N–H and O–H groups in total. The van der Waals surface area contributed by atoms with E-state index in [1.54, 1.807) is 0 Å². The first-order chi connectivity index (χ1) is 18.5. The molecule has 0 spiro atoms. The number of hydrogen-bond donors (Lipinski definition) is 1. The second kappa shape index (κ2) is 10.8. The maximum absolute atomic E-state index is 14.3. The van der Waals surface area contributed by atoms with E-state index in [0.29, 0.717) is 23.3 Å². The van der Waals surface area contributed by atoms with Crippen LogP contribution in [0.1, 0.15) is 55.4 Å². The number of carbonyl (C=O) groups excluding carboxylic acids is 1. The molecule has 0 bridgehead atoms. The fourth-order valence-corrected chi connectivity index (χ4v) is 4.70. The Morgan fingerprint density at radius 2 is 1.49 bits per heavy atom. The summed E-state index contributed by atoms with van der Waals surface area (Å²) >= 11 is 0. The molecule has 202 valence electrons. The van der Waals surface area contributed by atoms with E-state index < -0.39 is 57.7 Å².